The van der Waals surface area contributed by atoms with Gasteiger partial charge in [-0.05, 0) is 44.1 Å². The van der Waals surface area contributed by atoms with Crippen molar-refractivity contribution in [3.8, 4) is 5.88 Å². The molecule has 1 N–H and O–H groups in total. The monoisotopic (exact) mass is 469 g/mol. The van der Waals surface area contributed by atoms with Crippen molar-refractivity contribution in [1.82, 2.24) is 24.6 Å². The number of amides is 2. The first kappa shape index (κ1) is 23.1. The van der Waals surface area contributed by atoms with Crippen molar-refractivity contribution in [3.05, 3.63) is 22.0 Å². The predicted octanol–water partition coefficient (Wildman–Crippen LogP) is 3.51. The minimum Gasteiger partial charge on any atom is -0.389 e. The van der Waals surface area contributed by atoms with Gasteiger partial charge in [-0.2, -0.15) is 17.9 Å². The van der Waals surface area contributed by atoms with Gasteiger partial charge >= 0.3 is 18.3 Å². The highest BCUT2D eigenvalue weighted by Crippen LogP contribution is 2.34. The topological polar surface area (TPSA) is 101 Å². The Labute approximate surface area is 187 Å². The van der Waals surface area contributed by atoms with E-state index in [4.69, 9.17) is 4.74 Å². The molecule has 0 aliphatic carbocycles. The number of halogens is 3. The number of H-pyrrole nitrogens is 1. The second kappa shape index (κ2) is 8.71. The van der Waals surface area contributed by atoms with E-state index in [9.17, 15) is 27.6 Å². The molecule has 0 aromatic carbocycles. The van der Waals surface area contributed by atoms with Crippen LogP contribution in [-0.4, -0.2) is 69.0 Å². The minimum atomic E-state index is -4.30. The van der Waals surface area contributed by atoms with Gasteiger partial charge in [0.05, 0.1) is 11.3 Å². The Morgan fingerprint density at radius 2 is 1.70 bits per heavy atom. The summed E-state index contributed by atoms with van der Waals surface area (Å²) in [5.74, 6) is -1.07. The Kier molecular flexibility index (Phi) is 6.10. The molecule has 0 spiro atoms. The smallest absolute Gasteiger partial charge is 0.389 e. The van der Waals surface area contributed by atoms with Gasteiger partial charge < -0.3 is 19.5 Å². The lowest BCUT2D eigenvalue weighted by atomic mass is 9.96. The van der Waals surface area contributed by atoms with Crippen molar-refractivity contribution in [2.45, 2.75) is 45.7 Å². The second-order valence-electron chi connectivity index (χ2n) is 8.88. The van der Waals surface area contributed by atoms with Crippen LogP contribution < -0.4 is 10.3 Å². The van der Waals surface area contributed by atoms with Crippen molar-refractivity contribution in [3.63, 3.8) is 0 Å². The lowest BCUT2D eigenvalue weighted by molar-refractivity contribution is -0.183. The number of nitrogens with one attached hydrogen (secondary N) is 1. The van der Waals surface area contributed by atoms with Crippen LogP contribution in [0.15, 0.2) is 10.9 Å². The van der Waals surface area contributed by atoms with Gasteiger partial charge in [0.2, 0.25) is 5.56 Å². The molecule has 2 fully saturated rings. The minimum absolute atomic E-state index is 0.0398. The first-order valence-electron chi connectivity index (χ1n) is 11.0. The summed E-state index contributed by atoms with van der Waals surface area (Å²) in [7, 11) is 0. The summed E-state index contributed by atoms with van der Waals surface area (Å²) in [5, 5.41) is 4.45. The molecular weight excluding hydrogens is 443 g/mol. The van der Waals surface area contributed by atoms with Crippen molar-refractivity contribution < 1.29 is 27.5 Å². The first-order chi connectivity index (χ1) is 15.5. The molecule has 12 heteroatoms. The van der Waals surface area contributed by atoms with Crippen LogP contribution in [0.2, 0.25) is 0 Å². The number of likely N-dealkylation sites (tertiary alicyclic amines) is 2. The largest absolute Gasteiger partial charge is 0.416 e. The number of nitrogens with zero attached hydrogens (tertiary/aromatic N) is 4. The van der Waals surface area contributed by atoms with E-state index in [0.717, 1.165) is 17.5 Å². The van der Waals surface area contributed by atoms with Gasteiger partial charge in [-0.1, -0.05) is 6.92 Å². The summed E-state index contributed by atoms with van der Waals surface area (Å²) in [6.45, 7) is 4.63. The molecule has 2 saturated heterocycles. The highest BCUT2D eigenvalue weighted by atomic mass is 19.4. The molecule has 4 heterocycles. The van der Waals surface area contributed by atoms with Crippen LogP contribution in [-0.2, 0) is 0 Å². The lowest BCUT2D eigenvalue weighted by Crippen LogP contribution is -2.44. The molecule has 9 nitrogen and oxygen atoms in total. The van der Waals surface area contributed by atoms with E-state index in [1.54, 1.807) is 11.8 Å². The number of carbonyl (C=O) groups excluding carboxylic acids is 2. The quantitative estimate of drug-likeness (QED) is 0.689. The molecule has 0 radical (unpaired) electrons. The Morgan fingerprint density at radius 1 is 1.09 bits per heavy atom. The number of alkyl halides is 3. The number of ether oxygens (including phenoxy) is 1. The molecule has 33 heavy (non-hydrogen) atoms. The number of aromatic amines is 1. The number of pyridine rings is 1. The molecule has 4 rings (SSSR count). The fourth-order valence-corrected chi connectivity index (χ4v) is 4.37. The predicted molar refractivity (Wildman–Crippen MR) is 112 cm³/mol. The number of aromatic nitrogens is 3. The van der Waals surface area contributed by atoms with Gasteiger partial charge in [0, 0.05) is 32.2 Å². The zero-order chi connectivity index (χ0) is 23.9. The number of aryl methyl sites for hydroxylation is 1. The molecule has 180 valence electrons. The number of hydrogen-bond donors (Lipinski definition) is 1. The van der Waals surface area contributed by atoms with Crippen LogP contribution in [0.5, 0.6) is 5.88 Å². The van der Waals surface area contributed by atoms with E-state index < -0.39 is 29.8 Å². The summed E-state index contributed by atoms with van der Waals surface area (Å²) in [6, 6.07) is 0.615. The second-order valence-corrected chi connectivity index (χ2v) is 8.88. The fourth-order valence-electron chi connectivity index (χ4n) is 4.37. The van der Waals surface area contributed by atoms with E-state index in [0.29, 0.717) is 30.0 Å². The summed E-state index contributed by atoms with van der Waals surface area (Å²) >= 11 is 0. The summed E-state index contributed by atoms with van der Waals surface area (Å²) in [5.41, 5.74) is 0.0179. The first-order valence-corrected chi connectivity index (χ1v) is 11.0. The van der Waals surface area contributed by atoms with Crippen LogP contribution in [0.4, 0.5) is 22.8 Å². The van der Waals surface area contributed by atoms with Gasteiger partial charge in [0.1, 0.15) is 0 Å². The standard InChI is InChI=1S/C21H26F3N5O4/c1-12-3-7-28(8-4-12)20(32)33-18-16-13(2)11-15(30)25-17(16)29(26-18)19(31)27-9-5-14(6-10-27)21(22,23)24/h11-12,14H,3-10H2,1-2H3,(H,25,30). The van der Waals surface area contributed by atoms with E-state index in [-0.39, 0.29) is 37.5 Å². The maximum absolute atomic E-state index is 13.1. The number of carbonyl (C=O) groups is 2. The average Bonchev–Trinajstić information content (AvgIpc) is 3.11. The van der Waals surface area contributed by atoms with Crippen molar-refractivity contribution in [1.29, 1.82) is 0 Å². The lowest BCUT2D eigenvalue weighted by Gasteiger charge is -2.32. The molecule has 0 bridgehead atoms. The van der Waals surface area contributed by atoms with Crippen molar-refractivity contribution in [2.75, 3.05) is 26.2 Å². The molecule has 0 unspecified atom stereocenters. The Balaban J connectivity index is 1.61. The molecule has 2 aromatic rings. The number of hydrogen-bond acceptors (Lipinski definition) is 5. The molecule has 0 saturated carbocycles. The zero-order valence-corrected chi connectivity index (χ0v) is 18.4. The fraction of sp³-hybridized carbons (Fsp3) is 0.619. The Hall–Kier alpha value is -3.05. The van der Waals surface area contributed by atoms with Crippen LogP contribution in [0.25, 0.3) is 11.0 Å². The van der Waals surface area contributed by atoms with Gasteiger partial charge in [-0.25, -0.2) is 9.59 Å². The molecule has 2 aliphatic rings. The van der Waals surface area contributed by atoms with Gasteiger partial charge in [0.15, 0.2) is 5.65 Å². The maximum atomic E-state index is 13.1. The summed E-state index contributed by atoms with van der Waals surface area (Å²) in [4.78, 5) is 43.2. The summed E-state index contributed by atoms with van der Waals surface area (Å²) < 4.78 is 45.3. The highest BCUT2D eigenvalue weighted by Gasteiger charge is 2.42. The third-order valence-corrected chi connectivity index (χ3v) is 6.47. The van der Waals surface area contributed by atoms with Gasteiger partial charge in [-0.15, -0.1) is 5.10 Å². The molecule has 2 aromatic heterocycles. The third kappa shape index (κ3) is 4.69. The SMILES string of the molecule is Cc1cc(=O)[nH]c2c1c(OC(=O)N1CCC(C)CC1)nn2C(=O)N1CCC(C(F)(F)F)CC1. The van der Waals surface area contributed by atoms with Crippen LogP contribution in [0, 0.1) is 18.8 Å². The van der Waals surface area contributed by atoms with Crippen LogP contribution in [0.3, 0.4) is 0 Å². The van der Waals surface area contributed by atoms with Crippen molar-refractivity contribution in [2.24, 2.45) is 11.8 Å². The Morgan fingerprint density at radius 3 is 2.30 bits per heavy atom. The average molecular weight is 469 g/mol. The van der Waals surface area contributed by atoms with Crippen LogP contribution in [0.1, 0.15) is 38.2 Å². The third-order valence-electron chi connectivity index (χ3n) is 6.47. The number of fused-ring (bicyclic) bond motifs is 1. The zero-order valence-electron chi connectivity index (χ0n) is 18.4. The van der Waals surface area contributed by atoms with Crippen LogP contribution >= 0.6 is 0 Å². The van der Waals surface area contributed by atoms with E-state index >= 15 is 0 Å². The molecular formula is C21H26F3N5O4. The van der Waals surface area contributed by atoms with E-state index in [1.807, 2.05) is 0 Å². The molecule has 2 amide bonds. The number of rotatable bonds is 1. The summed E-state index contributed by atoms with van der Waals surface area (Å²) in [6.07, 6.45) is -3.62. The number of piperidine rings is 2. The van der Waals surface area contributed by atoms with E-state index in [2.05, 4.69) is 17.0 Å². The Bertz CT molecular complexity index is 1110. The van der Waals surface area contributed by atoms with Gasteiger partial charge in [0.25, 0.3) is 5.88 Å². The van der Waals surface area contributed by atoms with E-state index in [1.165, 1.54) is 11.0 Å². The van der Waals surface area contributed by atoms with Gasteiger partial charge in [-0.3, -0.25) is 4.79 Å². The molecule has 2 aliphatic heterocycles. The molecule has 0 atom stereocenters. The highest BCUT2D eigenvalue weighted by molar-refractivity contribution is 5.93. The maximum Gasteiger partial charge on any atom is 0.416 e. The normalized spacial score (nSPS) is 18.7. The van der Waals surface area contributed by atoms with Crippen molar-refractivity contribution >= 4 is 23.2 Å².